The van der Waals surface area contributed by atoms with Crippen molar-refractivity contribution in [2.24, 2.45) is 10.7 Å². The number of dihydropyridines is 1. The molecule has 0 aromatic heterocycles. The summed E-state index contributed by atoms with van der Waals surface area (Å²) < 4.78 is 5.10. The highest BCUT2D eigenvalue weighted by Crippen LogP contribution is 2.34. The van der Waals surface area contributed by atoms with Crippen molar-refractivity contribution in [3.05, 3.63) is 11.6 Å². The van der Waals surface area contributed by atoms with E-state index < -0.39 is 54.0 Å². The molecule has 1 fully saturated rings. The predicted molar refractivity (Wildman–Crippen MR) is 65.6 cm³/mol. The number of hydrogen-bond acceptors (Lipinski definition) is 9. The first-order chi connectivity index (χ1) is 9.62. The summed E-state index contributed by atoms with van der Waals surface area (Å²) in [5, 5.41) is 57.9. The lowest BCUT2D eigenvalue weighted by molar-refractivity contribution is -0.129. The van der Waals surface area contributed by atoms with E-state index in [9.17, 15) is 30.3 Å². The summed E-state index contributed by atoms with van der Waals surface area (Å²) in [6, 6.07) is 0. The van der Waals surface area contributed by atoms with E-state index in [-0.39, 0.29) is 0 Å². The lowest BCUT2D eigenvalue weighted by atomic mass is 9.92. The number of aliphatic hydroxyl groups is 6. The zero-order valence-electron chi connectivity index (χ0n) is 10.7. The molecule has 0 aromatic rings. The number of nitrogens with zero attached hydrogens (tertiary/aromatic N) is 1. The summed E-state index contributed by atoms with van der Waals surface area (Å²) in [6.45, 7) is -0.620. The molecule has 2 aliphatic rings. The van der Waals surface area contributed by atoms with Gasteiger partial charge >= 0.3 is 0 Å². The average Bonchev–Trinajstić information content (AvgIpc) is 2.69. The predicted octanol–water partition coefficient (Wildman–Crippen LogP) is -4.67. The number of hydrogen-bond donors (Lipinski definition) is 7. The van der Waals surface area contributed by atoms with Crippen molar-refractivity contribution in [2.45, 2.75) is 35.9 Å². The van der Waals surface area contributed by atoms with Crippen LogP contribution < -0.4 is 5.73 Å². The van der Waals surface area contributed by atoms with Gasteiger partial charge in [-0.3, -0.25) is 9.79 Å². The second kappa shape index (κ2) is 5.10. The highest BCUT2D eigenvalue weighted by atomic mass is 16.6. The molecule has 0 aromatic carbocycles. The molecule has 2 rings (SSSR count). The Balaban J connectivity index is 2.37. The number of nitrogens with two attached hydrogens (primary N) is 1. The monoisotopic (exact) mass is 304 g/mol. The average molecular weight is 304 g/mol. The van der Waals surface area contributed by atoms with Gasteiger partial charge in [0.05, 0.1) is 18.4 Å². The summed E-state index contributed by atoms with van der Waals surface area (Å²) in [6.07, 6.45) is -4.72. The fourth-order valence-electron chi connectivity index (χ4n) is 2.28. The second-order valence-corrected chi connectivity index (χ2v) is 4.95. The van der Waals surface area contributed by atoms with Gasteiger partial charge in [0.1, 0.15) is 24.4 Å². The third kappa shape index (κ3) is 2.58. The van der Waals surface area contributed by atoms with Gasteiger partial charge in [-0.2, -0.15) is 0 Å². The lowest BCUT2D eigenvalue weighted by Crippen LogP contribution is -2.52. The standard InChI is InChI=1S/C11H16N2O8/c12-9(17)4-1-10(18,13-3-11(4,19)20)8-7(16)6(15)5(2-14)21-8/h1,3,5-8,14-16,18-20H,2H2,(H2,12,17)/t5-,6-,7-,8-,10?/m1/s1. The Labute approximate surface area is 118 Å². The molecule has 21 heavy (non-hydrogen) atoms. The van der Waals surface area contributed by atoms with Crippen LogP contribution in [0.2, 0.25) is 0 Å². The summed E-state index contributed by atoms with van der Waals surface area (Å²) in [5.41, 5.74) is 1.86. The number of carbonyl (C=O) groups excluding carboxylic acids is 1. The molecule has 0 spiro atoms. The summed E-state index contributed by atoms with van der Waals surface area (Å²) in [5.74, 6) is -3.99. The second-order valence-electron chi connectivity index (χ2n) is 4.95. The van der Waals surface area contributed by atoms with Gasteiger partial charge in [-0.1, -0.05) is 0 Å². The Morgan fingerprint density at radius 2 is 1.95 bits per heavy atom. The van der Waals surface area contributed by atoms with E-state index in [1.165, 1.54) is 0 Å². The lowest BCUT2D eigenvalue weighted by Gasteiger charge is -2.34. The van der Waals surface area contributed by atoms with Crippen LogP contribution >= 0.6 is 0 Å². The van der Waals surface area contributed by atoms with Gasteiger partial charge in [-0.15, -0.1) is 0 Å². The molecule has 10 nitrogen and oxygen atoms in total. The minimum absolute atomic E-state index is 0.460. The van der Waals surface area contributed by atoms with Crippen molar-refractivity contribution in [3.8, 4) is 0 Å². The van der Waals surface area contributed by atoms with Crippen molar-refractivity contribution >= 4 is 12.1 Å². The molecule has 0 saturated carbocycles. The van der Waals surface area contributed by atoms with Crippen LogP contribution in [0.5, 0.6) is 0 Å². The number of rotatable bonds is 3. The first kappa shape index (κ1) is 16.0. The van der Waals surface area contributed by atoms with Crippen LogP contribution in [0.25, 0.3) is 0 Å². The van der Waals surface area contributed by atoms with E-state index in [0.29, 0.717) is 12.3 Å². The Kier molecular flexibility index (Phi) is 3.88. The molecule has 2 heterocycles. The highest BCUT2D eigenvalue weighted by Gasteiger charge is 2.54. The fourth-order valence-corrected chi connectivity index (χ4v) is 2.28. The van der Waals surface area contributed by atoms with Gasteiger partial charge in [-0.05, 0) is 6.08 Å². The molecule has 2 aliphatic heterocycles. The molecule has 5 atom stereocenters. The molecule has 8 N–H and O–H groups in total. The van der Waals surface area contributed by atoms with Crippen molar-refractivity contribution in [3.63, 3.8) is 0 Å². The molecule has 0 bridgehead atoms. The van der Waals surface area contributed by atoms with Crippen LogP contribution in [-0.4, -0.2) is 85.3 Å². The Bertz CT molecular complexity index is 504. The van der Waals surface area contributed by atoms with Gasteiger partial charge in [0, 0.05) is 0 Å². The molecule has 1 saturated heterocycles. The SMILES string of the molecule is NC(=O)C1=CC(O)([C@@H]2O[C@H](CO)[C@@H](O)[C@H]2O)N=CC1(O)O. The van der Waals surface area contributed by atoms with E-state index in [0.717, 1.165) is 0 Å². The topological polar surface area (TPSA) is 186 Å². The maximum atomic E-state index is 11.2. The summed E-state index contributed by atoms with van der Waals surface area (Å²) >= 11 is 0. The largest absolute Gasteiger partial charge is 0.394 e. The minimum Gasteiger partial charge on any atom is -0.394 e. The molecule has 0 aliphatic carbocycles. The summed E-state index contributed by atoms with van der Waals surface area (Å²) in [7, 11) is 0. The number of primary amides is 1. The number of aliphatic imine (C=N–C) groups is 1. The molecule has 10 heteroatoms. The van der Waals surface area contributed by atoms with Crippen LogP contribution in [0.4, 0.5) is 0 Å². The number of amides is 1. The normalized spacial score (nSPS) is 41.9. The number of ether oxygens (including phenoxy) is 1. The summed E-state index contributed by atoms with van der Waals surface area (Å²) in [4.78, 5) is 14.7. The maximum Gasteiger partial charge on any atom is 0.250 e. The third-order valence-corrected chi connectivity index (χ3v) is 3.43. The Hall–Kier alpha value is -1.40. The van der Waals surface area contributed by atoms with Crippen molar-refractivity contribution in [2.75, 3.05) is 6.61 Å². The smallest absolute Gasteiger partial charge is 0.250 e. The van der Waals surface area contributed by atoms with Gasteiger partial charge in [0.25, 0.3) is 0 Å². The third-order valence-electron chi connectivity index (χ3n) is 3.43. The van der Waals surface area contributed by atoms with Gasteiger partial charge < -0.3 is 41.1 Å². The van der Waals surface area contributed by atoms with Gasteiger partial charge in [0.15, 0.2) is 0 Å². The quantitative estimate of drug-likeness (QED) is 0.253. The molecular formula is C11H16N2O8. The number of carbonyl (C=O) groups is 1. The molecule has 1 unspecified atom stereocenters. The maximum absolute atomic E-state index is 11.2. The van der Waals surface area contributed by atoms with Crippen LogP contribution in [0.3, 0.4) is 0 Å². The van der Waals surface area contributed by atoms with Crippen molar-refractivity contribution in [1.82, 2.24) is 0 Å². The van der Waals surface area contributed by atoms with Crippen LogP contribution in [0, 0.1) is 0 Å². The van der Waals surface area contributed by atoms with Gasteiger partial charge in [0.2, 0.25) is 17.4 Å². The van der Waals surface area contributed by atoms with Crippen molar-refractivity contribution < 1.29 is 40.2 Å². The van der Waals surface area contributed by atoms with E-state index in [1.54, 1.807) is 0 Å². The molecule has 1 amide bonds. The zero-order valence-corrected chi connectivity index (χ0v) is 10.7. The van der Waals surface area contributed by atoms with E-state index in [2.05, 4.69) is 4.99 Å². The number of aliphatic hydroxyl groups excluding tert-OH is 3. The molecular weight excluding hydrogens is 288 g/mol. The van der Waals surface area contributed by atoms with Crippen molar-refractivity contribution in [1.29, 1.82) is 0 Å². The molecule has 0 radical (unpaired) electrons. The molecule has 118 valence electrons. The Morgan fingerprint density at radius 1 is 1.33 bits per heavy atom. The van der Waals surface area contributed by atoms with Crippen LogP contribution in [0.15, 0.2) is 16.6 Å². The van der Waals surface area contributed by atoms with E-state index in [4.69, 9.17) is 15.6 Å². The van der Waals surface area contributed by atoms with Crippen LogP contribution in [-0.2, 0) is 9.53 Å². The van der Waals surface area contributed by atoms with E-state index >= 15 is 0 Å². The first-order valence-corrected chi connectivity index (χ1v) is 6.01. The zero-order chi connectivity index (χ0) is 16.0. The highest BCUT2D eigenvalue weighted by molar-refractivity contribution is 5.99. The van der Waals surface area contributed by atoms with E-state index in [1.807, 2.05) is 0 Å². The fraction of sp³-hybridized carbons (Fsp3) is 0.636. The minimum atomic E-state index is -2.77. The first-order valence-electron chi connectivity index (χ1n) is 6.01. The van der Waals surface area contributed by atoms with Gasteiger partial charge in [-0.25, -0.2) is 0 Å². The van der Waals surface area contributed by atoms with Crippen LogP contribution in [0.1, 0.15) is 0 Å². The Morgan fingerprint density at radius 3 is 2.43 bits per heavy atom.